The molecule has 0 aliphatic carbocycles. The van der Waals surface area contributed by atoms with Crippen molar-refractivity contribution in [3.05, 3.63) is 151 Å². The van der Waals surface area contributed by atoms with Gasteiger partial charge in [-0.1, -0.05) is 115 Å². The molecule has 1 heterocycles. The molecule has 0 saturated carbocycles. The average Bonchev–Trinajstić information content (AvgIpc) is 3.03. The van der Waals surface area contributed by atoms with E-state index in [9.17, 15) is 0 Å². The van der Waals surface area contributed by atoms with Gasteiger partial charge in [0, 0.05) is 17.5 Å². The zero-order valence-electron chi connectivity index (χ0n) is 22.8. The Morgan fingerprint density at radius 1 is 0.366 bits per heavy atom. The lowest BCUT2D eigenvalue weighted by Gasteiger charge is -2.19. The van der Waals surface area contributed by atoms with Crippen LogP contribution in [0, 0.1) is 6.92 Å². The largest absolute Gasteiger partial charge is 0.261 e. The van der Waals surface area contributed by atoms with Crippen molar-refractivity contribution in [2.45, 2.75) is 6.92 Å². The van der Waals surface area contributed by atoms with E-state index in [2.05, 4.69) is 145 Å². The molecule has 0 unspecified atom stereocenters. The summed E-state index contributed by atoms with van der Waals surface area (Å²) in [5, 5.41) is 10.0. The highest BCUT2D eigenvalue weighted by Gasteiger charge is 2.18. The summed E-state index contributed by atoms with van der Waals surface area (Å²) in [5.74, 6) is 0. The first-order chi connectivity index (χ1) is 20.2. The number of aryl methyl sites for hydroxylation is 1. The first-order valence-electron chi connectivity index (χ1n) is 14.1. The fourth-order valence-electron chi connectivity index (χ4n) is 6.31. The highest BCUT2D eigenvalue weighted by molar-refractivity contribution is 6.22. The molecule has 7 aromatic carbocycles. The van der Waals surface area contributed by atoms with Crippen LogP contribution in [0.15, 0.2) is 146 Å². The minimum absolute atomic E-state index is 1.02. The molecule has 0 bridgehead atoms. The van der Waals surface area contributed by atoms with Crippen molar-refractivity contribution in [3.8, 4) is 33.4 Å². The lowest BCUT2D eigenvalue weighted by molar-refractivity contribution is 1.20. The van der Waals surface area contributed by atoms with Crippen LogP contribution in [0.25, 0.3) is 76.5 Å². The van der Waals surface area contributed by atoms with E-state index in [1.165, 1.54) is 70.9 Å². The Kier molecular flexibility index (Phi) is 5.43. The molecule has 1 heteroatoms. The van der Waals surface area contributed by atoms with Crippen LogP contribution in [0.4, 0.5) is 0 Å². The fraction of sp³-hybridized carbons (Fsp3) is 0.0250. The third kappa shape index (κ3) is 3.98. The van der Waals surface area contributed by atoms with Crippen LogP contribution in [0.1, 0.15) is 5.69 Å². The molecule has 41 heavy (non-hydrogen) atoms. The van der Waals surface area contributed by atoms with E-state index in [1.54, 1.807) is 0 Å². The average molecular weight is 522 g/mol. The summed E-state index contributed by atoms with van der Waals surface area (Å²) < 4.78 is 0. The molecule has 0 radical (unpaired) electrons. The van der Waals surface area contributed by atoms with Crippen molar-refractivity contribution in [1.29, 1.82) is 0 Å². The number of rotatable bonds is 3. The van der Waals surface area contributed by atoms with Crippen molar-refractivity contribution in [1.82, 2.24) is 4.98 Å². The van der Waals surface area contributed by atoms with Crippen LogP contribution < -0.4 is 0 Å². The van der Waals surface area contributed by atoms with Gasteiger partial charge in [-0.3, -0.25) is 4.98 Å². The molecule has 0 N–H and O–H groups in total. The molecule has 0 saturated heterocycles. The number of hydrogen-bond donors (Lipinski definition) is 0. The Morgan fingerprint density at radius 2 is 0.854 bits per heavy atom. The van der Waals surface area contributed by atoms with Crippen LogP contribution in [0.3, 0.4) is 0 Å². The highest BCUT2D eigenvalue weighted by Crippen LogP contribution is 2.45. The smallest absolute Gasteiger partial charge is 0.0373 e. The molecule has 8 rings (SSSR count). The maximum atomic E-state index is 4.59. The van der Waals surface area contributed by atoms with E-state index in [4.69, 9.17) is 0 Å². The number of benzene rings is 7. The molecule has 0 fully saturated rings. The number of nitrogens with zero attached hydrogens (tertiary/aromatic N) is 1. The number of hydrogen-bond acceptors (Lipinski definition) is 1. The van der Waals surface area contributed by atoms with Crippen molar-refractivity contribution in [3.63, 3.8) is 0 Å². The quantitative estimate of drug-likeness (QED) is 0.211. The van der Waals surface area contributed by atoms with Gasteiger partial charge in [0.2, 0.25) is 0 Å². The van der Waals surface area contributed by atoms with Gasteiger partial charge in [0.05, 0.1) is 0 Å². The SMILES string of the molecule is Cc1ccc(-c2ccc3c(-c4ccc5ccccc5c4)c4ccccc4c(-c4ccc5ccccc5c4)c3c2)cn1. The molecule has 192 valence electrons. The van der Waals surface area contributed by atoms with Gasteiger partial charge < -0.3 is 0 Å². The van der Waals surface area contributed by atoms with Crippen molar-refractivity contribution in [2.75, 3.05) is 0 Å². The van der Waals surface area contributed by atoms with Crippen molar-refractivity contribution >= 4 is 43.1 Å². The van der Waals surface area contributed by atoms with Gasteiger partial charge in [0.25, 0.3) is 0 Å². The maximum Gasteiger partial charge on any atom is 0.0373 e. The number of aromatic nitrogens is 1. The summed E-state index contributed by atoms with van der Waals surface area (Å²) >= 11 is 0. The Labute approximate surface area is 239 Å². The highest BCUT2D eigenvalue weighted by atomic mass is 14.7. The van der Waals surface area contributed by atoms with Crippen LogP contribution in [0.5, 0.6) is 0 Å². The van der Waals surface area contributed by atoms with Crippen molar-refractivity contribution in [2.24, 2.45) is 0 Å². The second kappa shape index (κ2) is 9.43. The Bertz CT molecular complexity index is 2260. The normalized spacial score (nSPS) is 11.5. The minimum atomic E-state index is 1.02. The Hall–Kier alpha value is -5.27. The number of fused-ring (bicyclic) bond motifs is 4. The molecule has 1 nitrogen and oxygen atoms in total. The molecular weight excluding hydrogens is 494 g/mol. The monoisotopic (exact) mass is 521 g/mol. The second-order valence-corrected chi connectivity index (χ2v) is 10.9. The predicted octanol–water partition coefficient (Wildman–Crippen LogP) is 11.0. The van der Waals surface area contributed by atoms with Crippen LogP contribution in [0.2, 0.25) is 0 Å². The zero-order chi connectivity index (χ0) is 27.3. The van der Waals surface area contributed by atoms with Gasteiger partial charge in [-0.2, -0.15) is 0 Å². The minimum Gasteiger partial charge on any atom is -0.261 e. The molecule has 0 aliphatic heterocycles. The standard InChI is InChI=1S/C40H27N/c1-26-14-15-34(25-41-26)31-20-21-37-38(24-31)40(33-19-17-28-9-3-5-11-30(28)23-33)36-13-7-6-12-35(36)39(37)32-18-16-27-8-2-4-10-29(27)22-32/h2-25H,1H3. The summed E-state index contributed by atoms with van der Waals surface area (Å²) in [6.07, 6.45) is 1.98. The molecular formula is C40H27N. The summed E-state index contributed by atoms with van der Waals surface area (Å²) in [5.41, 5.74) is 8.34. The van der Waals surface area contributed by atoms with E-state index in [-0.39, 0.29) is 0 Å². The third-order valence-corrected chi connectivity index (χ3v) is 8.34. The summed E-state index contributed by atoms with van der Waals surface area (Å²) in [6.45, 7) is 2.03. The number of pyridine rings is 1. The van der Waals surface area contributed by atoms with Gasteiger partial charge in [0.15, 0.2) is 0 Å². The lowest BCUT2D eigenvalue weighted by Crippen LogP contribution is -1.92. The van der Waals surface area contributed by atoms with Crippen molar-refractivity contribution < 1.29 is 0 Å². The topological polar surface area (TPSA) is 12.9 Å². The summed E-state index contributed by atoms with van der Waals surface area (Å²) in [7, 11) is 0. The van der Waals surface area contributed by atoms with Gasteiger partial charge in [-0.15, -0.1) is 0 Å². The molecule has 1 aromatic heterocycles. The Balaban J connectivity index is 1.50. The van der Waals surface area contributed by atoms with E-state index >= 15 is 0 Å². The zero-order valence-corrected chi connectivity index (χ0v) is 22.8. The van der Waals surface area contributed by atoms with Gasteiger partial charge >= 0.3 is 0 Å². The molecule has 8 aromatic rings. The first-order valence-corrected chi connectivity index (χ1v) is 14.1. The first kappa shape index (κ1) is 23.6. The summed E-state index contributed by atoms with van der Waals surface area (Å²) in [4.78, 5) is 4.59. The third-order valence-electron chi connectivity index (χ3n) is 8.34. The van der Waals surface area contributed by atoms with Crippen LogP contribution >= 0.6 is 0 Å². The maximum absolute atomic E-state index is 4.59. The summed E-state index contributed by atoms with van der Waals surface area (Å²) in [6, 6.07) is 51.0. The Morgan fingerprint density at radius 3 is 1.44 bits per heavy atom. The van der Waals surface area contributed by atoms with E-state index in [1.807, 2.05) is 13.1 Å². The molecule has 0 atom stereocenters. The van der Waals surface area contributed by atoms with Gasteiger partial charge in [0.1, 0.15) is 0 Å². The molecule has 0 spiro atoms. The van der Waals surface area contributed by atoms with Gasteiger partial charge in [-0.05, 0) is 102 Å². The second-order valence-electron chi connectivity index (χ2n) is 10.9. The van der Waals surface area contributed by atoms with E-state index in [0.717, 1.165) is 11.3 Å². The lowest BCUT2D eigenvalue weighted by atomic mass is 9.84. The predicted molar refractivity (Wildman–Crippen MR) is 175 cm³/mol. The fourth-order valence-corrected chi connectivity index (χ4v) is 6.31. The van der Waals surface area contributed by atoms with Crippen LogP contribution in [-0.2, 0) is 0 Å². The molecule has 0 amide bonds. The van der Waals surface area contributed by atoms with Gasteiger partial charge in [-0.25, -0.2) is 0 Å². The van der Waals surface area contributed by atoms with E-state index in [0.29, 0.717) is 0 Å². The van der Waals surface area contributed by atoms with E-state index < -0.39 is 0 Å². The molecule has 0 aliphatic rings. The van der Waals surface area contributed by atoms with Crippen LogP contribution in [-0.4, -0.2) is 4.98 Å².